The molecule has 21 heavy (non-hydrogen) atoms. The van der Waals surface area contributed by atoms with E-state index in [0.29, 0.717) is 5.92 Å². The van der Waals surface area contributed by atoms with E-state index in [1.165, 1.54) is 11.1 Å². The number of aromatic nitrogens is 2. The molecule has 0 bridgehead atoms. The molecule has 0 aliphatic carbocycles. The zero-order valence-corrected chi connectivity index (χ0v) is 12.8. The molecule has 0 aliphatic rings. The van der Waals surface area contributed by atoms with Crippen LogP contribution in [0, 0.1) is 0 Å². The highest BCUT2D eigenvalue weighted by molar-refractivity contribution is 5.75. The first-order valence-electron chi connectivity index (χ1n) is 7.39. The van der Waals surface area contributed by atoms with E-state index in [1.54, 1.807) is 0 Å². The normalized spacial score (nSPS) is 11.2. The van der Waals surface area contributed by atoms with Gasteiger partial charge in [-0.05, 0) is 35.7 Å². The van der Waals surface area contributed by atoms with E-state index >= 15 is 0 Å². The lowest BCUT2D eigenvalue weighted by Gasteiger charge is -2.10. The summed E-state index contributed by atoms with van der Waals surface area (Å²) in [7, 11) is 2.07. The fourth-order valence-electron chi connectivity index (χ4n) is 2.54. The molecule has 1 aromatic heterocycles. The van der Waals surface area contributed by atoms with Gasteiger partial charge >= 0.3 is 0 Å². The zero-order chi connectivity index (χ0) is 14.8. The number of hydrogen-bond donors (Lipinski definition) is 1. The Morgan fingerprint density at radius 3 is 2.67 bits per heavy atom. The van der Waals surface area contributed by atoms with Crippen LogP contribution in [0.25, 0.3) is 11.0 Å². The van der Waals surface area contributed by atoms with Crippen LogP contribution < -0.4 is 5.32 Å². The molecule has 0 amide bonds. The highest BCUT2D eigenvalue weighted by Crippen LogP contribution is 2.20. The average molecular weight is 279 g/mol. The van der Waals surface area contributed by atoms with Gasteiger partial charge in [0.1, 0.15) is 5.82 Å². The Kier molecular flexibility index (Phi) is 3.65. The van der Waals surface area contributed by atoms with E-state index in [0.717, 1.165) is 23.6 Å². The summed E-state index contributed by atoms with van der Waals surface area (Å²) in [6.07, 6.45) is 0. The first-order chi connectivity index (χ1) is 10.1. The summed E-state index contributed by atoms with van der Waals surface area (Å²) in [4.78, 5) is 4.69. The summed E-state index contributed by atoms with van der Waals surface area (Å²) in [5.41, 5.74) is 4.72. The van der Waals surface area contributed by atoms with Crippen LogP contribution in [0.2, 0.25) is 0 Å². The summed E-state index contributed by atoms with van der Waals surface area (Å²) in [5.74, 6) is 1.59. The number of benzene rings is 2. The van der Waals surface area contributed by atoms with Crippen LogP contribution in [0.3, 0.4) is 0 Å². The molecule has 3 aromatic rings. The second-order valence-corrected chi connectivity index (χ2v) is 5.71. The predicted octanol–water partition coefficient (Wildman–Crippen LogP) is 4.31. The number of aryl methyl sites for hydroxylation is 1. The lowest BCUT2D eigenvalue weighted by atomic mass is 10.0. The molecule has 0 atom stereocenters. The van der Waals surface area contributed by atoms with Crippen molar-refractivity contribution < 1.29 is 0 Å². The molecule has 0 fully saturated rings. The summed E-state index contributed by atoms with van der Waals surface area (Å²) in [6.45, 7) is 5.15. The number of imidazole rings is 1. The highest BCUT2D eigenvalue weighted by atomic mass is 15.1. The van der Waals surface area contributed by atoms with Crippen LogP contribution in [0.15, 0.2) is 48.5 Å². The fraction of sp³-hybridized carbons (Fsp3) is 0.278. The van der Waals surface area contributed by atoms with E-state index in [-0.39, 0.29) is 0 Å². The van der Waals surface area contributed by atoms with Gasteiger partial charge in [0.05, 0.1) is 17.6 Å². The Bertz CT molecular complexity index is 756. The standard InChI is InChI=1S/C18H21N3/c1-13(2)14-7-6-8-15(11-14)19-12-18-20-16-9-4-5-10-17(16)21(18)3/h4-11,13,19H,12H2,1-3H3. The van der Waals surface area contributed by atoms with E-state index in [2.05, 4.69) is 72.2 Å². The quantitative estimate of drug-likeness (QED) is 0.771. The topological polar surface area (TPSA) is 29.9 Å². The molecule has 0 saturated heterocycles. The molecule has 2 aromatic carbocycles. The summed E-state index contributed by atoms with van der Waals surface area (Å²) in [6, 6.07) is 16.8. The lowest BCUT2D eigenvalue weighted by molar-refractivity contribution is 0.833. The van der Waals surface area contributed by atoms with Crippen LogP contribution in [0.1, 0.15) is 31.2 Å². The van der Waals surface area contributed by atoms with Crippen LogP contribution in [0.4, 0.5) is 5.69 Å². The van der Waals surface area contributed by atoms with Crippen molar-refractivity contribution in [2.24, 2.45) is 7.05 Å². The maximum absolute atomic E-state index is 4.69. The van der Waals surface area contributed by atoms with Gasteiger partial charge in [-0.3, -0.25) is 0 Å². The molecule has 3 heteroatoms. The number of anilines is 1. The van der Waals surface area contributed by atoms with Crippen molar-refractivity contribution in [3.63, 3.8) is 0 Å². The minimum atomic E-state index is 0.544. The van der Waals surface area contributed by atoms with Crippen molar-refractivity contribution >= 4 is 16.7 Å². The summed E-state index contributed by atoms with van der Waals surface area (Å²) in [5, 5.41) is 3.47. The third-order valence-electron chi connectivity index (χ3n) is 3.88. The van der Waals surface area contributed by atoms with Gasteiger partial charge in [-0.15, -0.1) is 0 Å². The average Bonchev–Trinajstić information content (AvgIpc) is 2.82. The number of para-hydroxylation sites is 2. The van der Waals surface area contributed by atoms with Crippen molar-refractivity contribution in [2.45, 2.75) is 26.3 Å². The monoisotopic (exact) mass is 279 g/mol. The second kappa shape index (κ2) is 5.60. The van der Waals surface area contributed by atoms with E-state index < -0.39 is 0 Å². The molecule has 108 valence electrons. The van der Waals surface area contributed by atoms with E-state index in [4.69, 9.17) is 0 Å². The highest BCUT2D eigenvalue weighted by Gasteiger charge is 2.07. The molecule has 0 radical (unpaired) electrons. The maximum atomic E-state index is 4.69. The second-order valence-electron chi connectivity index (χ2n) is 5.71. The molecular formula is C18H21N3. The molecular weight excluding hydrogens is 258 g/mol. The number of rotatable bonds is 4. The van der Waals surface area contributed by atoms with Gasteiger partial charge in [0.2, 0.25) is 0 Å². The van der Waals surface area contributed by atoms with Gasteiger partial charge in [-0.2, -0.15) is 0 Å². The summed E-state index contributed by atoms with van der Waals surface area (Å²) < 4.78 is 2.15. The van der Waals surface area contributed by atoms with Gasteiger partial charge in [0.25, 0.3) is 0 Å². The molecule has 0 spiro atoms. The number of fused-ring (bicyclic) bond motifs is 1. The van der Waals surface area contributed by atoms with Gasteiger partial charge < -0.3 is 9.88 Å². The van der Waals surface area contributed by atoms with E-state index in [9.17, 15) is 0 Å². The van der Waals surface area contributed by atoms with Gasteiger partial charge in [-0.25, -0.2) is 4.98 Å². The molecule has 1 heterocycles. The van der Waals surface area contributed by atoms with Crippen molar-refractivity contribution in [1.29, 1.82) is 0 Å². The van der Waals surface area contributed by atoms with Gasteiger partial charge in [0, 0.05) is 12.7 Å². The first kappa shape index (κ1) is 13.7. The van der Waals surface area contributed by atoms with Crippen molar-refractivity contribution in [3.05, 3.63) is 59.9 Å². The molecule has 1 N–H and O–H groups in total. The molecule has 3 rings (SSSR count). The Morgan fingerprint density at radius 1 is 1.10 bits per heavy atom. The summed E-state index contributed by atoms with van der Waals surface area (Å²) >= 11 is 0. The minimum Gasteiger partial charge on any atom is -0.378 e. The Labute approximate surface area is 125 Å². The van der Waals surface area contributed by atoms with Crippen LogP contribution >= 0.6 is 0 Å². The fourth-order valence-corrected chi connectivity index (χ4v) is 2.54. The van der Waals surface area contributed by atoms with Crippen LogP contribution in [0.5, 0.6) is 0 Å². The molecule has 0 aliphatic heterocycles. The SMILES string of the molecule is CC(C)c1cccc(NCc2nc3ccccc3n2C)c1. The number of nitrogens with zero attached hydrogens (tertiary/aromatic N) is 2. The number of nitrogens with one attached hydrogen (secondary N) is 1. The zero-order valence-electron chi connectivity index (χ0n) is 12.8. The molecule has 3 nitrogen and oxygen atoms in total. The smallest absolute Gasteiger partial charge is 0.128 e. The Morgan fingerprint density at radius 2 is 1.90 bits per heavy atom. The minimum absolute atomic E-state index is 0.544. The van der Waals surface area contributed by atoms with E-state index in [1.807, 2.05) is 12.1 Å². The largest absolute Gasteiger partial charge is 0.378 e. The van der Waals surface area contributed by atoms with Crippen LogP contribution in [-0.2, 0) is 13.6 Å². The Balaban J connectivity index is 1.80. The lowest BCUT2D eigenvalue weighted by Crippen LogP contribution is -2.06. The van der Waals surface area contributed by atoms with Crippen molar-refractivity contribution in [1.82, 2.24) is 9.55 Å². The van der Waals surface area contributed by atoms with Crippen molar-refractivity contribution in [3.8, 4) is 0 Å². The molecule has 0 saturated carbocycles. The van der Waals surface area contributed by atoms with Gasteiger partial charge in [-0.1, -0.05) is 38.1 Å². The maximum Gasteiger partial charge on any atom is 0.128 e. The predicted molar refractivity (Wildman–Crippen MR) is 88.6 cm³/mol. The third-order valence-corrected chi connectivity index (χ3v) is 3.88. The van der Waals surface area contributed by atoms with Crippen LogP contribution in [-0.4, -0.2) is 9.55 Å². The molecule has 0 unspecified atom stereocenters. The Hall–Kier alpha value is -2.29. The first-order valence-corrected chi connectivity index (χ1v) is 7.39. The van der Waals surface area contributed by atoms with Crippen molar-refractivity contribution in [2.75, 3.05) is 5.32 Å². The third kappa shape index (κ3) is 2.77. The number of hydrogen-bond acceptors (Lipinski definition) is 2. The van der Waals surface area contributed by atoms with Gasteiger partial charge in [0.15, 0.2) is 0 Å².